The molecule has 0 amide bonds. The fraction of sp³-hybridized carbons (Fsp3) is 0.400. The highest BCUT2D eigenvalue weighted by Gasteiger charge is 2.34. The molecule has 1 aromatic heterocycles. The van der Waals surface area contributed by atoms with E-state index in [1.165, 1.54) is 6.07 Å². The molecule has 118 valence electrons. The Balaban J connectivity index is 2.28. The summed E-state index contributed by atoms with van der Waals surface area (Å²) in [6.07, 6.45) is -4.41. The molecule has 3 nitrogen and oxygen atoms in total. The van der Waals surface area contributed by atoms with Crippen LogP contribution in [0.4, 0.5) is 18.9 Å². The Hall–Kier alpha value is -1.34. The molecule has 2 aromatic rings. The number of rotatable bonds is 1. The van der Waals surface area contributed by atoms with Crippen molar-refractivity contribution in [1.82, 2.24) is 10.3 Å². The van der Waals surface area contributed by atoms with Gasteiger partial charge in [-0.15, -0.1) is 0 Å². The third-order valence-corrected chi connectivity index (χ3v) is 4.78. The van der Waals surface area contributed by atoms with Crippen LogP contribution in [0.5, 0.6) is 0 Å². The molecular weight excluding hydrogens is 359 g/mol. The lowest BCUT2D eigenvalue weighted by atomic mass is 10.1. The van der Waals surface area contributed by atoms with E-state index in [1.807, 2.05) is 0 Å². The summed E-state index contributed by atoms with van der Waals surface area (Å²) in [6.45, 7) is 4.87. The number of aromatic nitrogens is 1. The second kappa shape index (κ2) is 5.70. The number of halogens is 4. The first-order valence-corrected chi connectivity index (χ1v) is 7.80. The lowest BCUT2D eigenvalue weighted by Gasteiger charge is -2.31. The second-order valence-electron chi connectivity index (χ2n) is 5.30. The number of alkyl halides is 3. The van der Waals surface area contributed by atoms with Gasteiger partial charge in [-0.1, -0.05) is 12.1 Å². The number of hydrogen-bond donors (Lipinski definition) is 1. The molecule has 22 heavy (non-hydrogen) atoms. The van der Waals surface area contributed by atoms with Crippen LogP contribution in [0.15, 0.2) is 22.7 Å². The number of hydrogen-bond acceptors (Lipinski definition) is 3. The molecule has 0 radical (unpaired) electrons. The van der Waals surface area contributed by atoms with Crippen LogP contribution in [0.25, 0.3) is 10.9 Å². The number of nitrogens with one attached hydrogen (secondary N) is 1. The number of para-hydroxylation sites is 1. The van der Waals surface area contributed by atoms with Crippen molar-refractivity contribution in [1.29, 1.82) is 0 Å². The zero-order valence-electron chi connectivity index (χ0n) is 12.0. The summed E-state index contributed by atoms with van der Waals surface area (Å²) >= 11 is 3.51. The number of benzene rings is 1. The molecule has 1 N–H and O–H groups in total. The van der Waals surface area contributed by atoms with E-state index >= 15 is 0 Å². The van der Waals surface area contributed by atoms with Gasteiger partial charge in [-0.2, -0.15) is 13.2 Å². The van der Waals surface area contributed by atoms with Crippen LogP contribution >= 0.6 is 15.9 Å². The summed E-state index contributed by atoms with van der Waals surface area (Å²) in [4.78, 5) is 6.30. The van der Waals surface area contributed by atoms with Crippen LogP contribution in [0.3, 0.4) is 0 Å². The Bertz CT molecular complexity index is 709. The lowest BCUT2D eigenvalue weighted by Crippen LogP contribution is -2.43. The molecule has 7 heteroatoms. The largest absolute Gasteiger partial charge is 0.418 e. The molecule has 1 saturated heterocycles. The number of fused-ring (bicyclic) bond motifs is 1. The van der Waals surface area contributed by atoms with Gasteiger partial charge >= 0.3 is 6.18 Å². The Morgan fingerprint density at radius 3 is 2.55 bits per heavy atom. The second-order valence-corrected chi connectivity index (χ2v) is 6.09. The Kier molecular flexibility index (Phi) is 4.03. The maximum atomic E-state index is 13.2. The van der Waals surface area contributed by atoms with Gasteiger partial charge in [0.15, 0.2) is 0 Å². The zero-order chi connectivity index (χ0) is 15.9. The highest BCUT2D eigenvalue weighted by molar-refractivity contribution is 9.10. The van der Waals surface area contributed by atoms with E-state index in [1.54, 1.807) is 13.0 Å². The van der Waals surface area contributed by atoms with Crippen molar-refractivity contribution in [2.75, 3.05) is 31.1 Å². The van der Waals surface area contributed by atoms with E-state index in [0.717, 1.165) is 42.4 Å². The van der Waals surface area contributed by atoms with Gasteiger partial charge in [0.25, 0.3) is 0 Å². The van der Waals surface area contributed by atoms with Crippen molar-refractivity contribution in [3.05, 3.63) is 33.9 Å². The van der Waals surface area contributed by atoms with Gasteiger partial charge in [-0.3, -0.25) is 4.98 Å². The molecule has 0 aliphatic carbocycles. The quantitative estimate of drug-likeness (QED) is 0.825. The summed E-state index contributed by atoms with van der Waals surface area (Å²) in [5, 5.41) is 3.79. The summed E-state index contributed by atoms with van der Waals surface area (Å²) in [5.74, 6) is 0. The van der Waals surface area contributed by atoms with Crippen molar-refractivity contribution in [3.63, 3.8) is 0 Å². The summed E-state index contributed by atoms with van der Waals surface area (Å²) in [6, 6.07) is 4.24. The highest BCUT2D eigenvalue weighted by atomic mass is 79.9. The number of anilines is 1. The molecule has 1 fully saturated rings. The smallest absolute Gasteiger partial charge is 0.367 e. The first-order chi connectivity index (χ1) is 10.4. The topological polar surface area (TPSA) is 28.2 Å². The Morgan fingerprint density at radius 1 is 1.23 bits per heavy atom. The van der Waals surface area contributed by atoms with Gasteiger partial charge in [0.05, 0.1) is 26.9 Å². The number of nitrogens with zero attached hydrogens (tertiary/aromatic N) is 2. The molecular formula is C15H15BrF3N3. The Morgan fingerprint density at radius 2 is 1.91 bits per heavy atom. The van der Waals surface area contributed by atoms with Crippen LogP contribution in [-0.4, -0.2) is 31.2 Å². The SMILES string of the molecule is Cc1nc2c(C(F)(F)F)cccc2c(N2CCNCC2)c1Br. The minimum Gasteiger partial charge on any atom is -0.367 e. The Labute approximate surface area is 134 Å². The molecule has 1 aliphatic rings. The minimum atomic E-state index is -4.41. The molecule has 0 atom stereocenters. The van der Waals surface area contributed by atoms with E-state index in [2.05, 4.69) is 31.1 Å². The molecule has 3 rings (SSSR count). The molecule has 0 spiro atoms. The zero-order valence-corrected chi connectivity index (χ0v) is 13.6. The first kappa shape index (κ1) is 15.6. The number of aryl methyl sites for hydroxylation is 1. The van der Waals surface area contributed by atoms with Gasteiger partial charge in [-0.25, -0.2) is 0 Å². The summed E-state index contributed by atoms with van der Waals surface area (Å²) in [5.41, 5.74) is 0.703. The van der Waals surface area contributed by atoms with Gasteiger partial charge in [0, 0.05) is 31.6 Å². The fourth-order valence-electron chi connectivity index (χ4n) is 2.79. The third-order valence-electron chi connectivity index (χ3n) is 3.83. The van der Waals surface area contributed by atoms with E-state index in [0.29, 0.717) is 11.1 Å². The molecule has 0 bridgehead atoms. The number of piperazine rings is 1. The van der Waals surface area contributed by atoms with Crippen LogP contribution in [0, 0.1) is 6.92 Å². The summed E-state index contributed by atoms with van der Waals surface area (Å²) < 4.78 is 40.5. The standard InChI is InChI=1S/C15H15BrF3N3/c1-9-12(16)14(22-7-5-20-6-8-22)10-3-2-4-11(13(10)21-9)15(17,18)19/h2-4,20H,5-8H2,1H3. The van der Waals surface area contributed by atoms with E-state index < -0.39 is 11.7 Å². The van der Waals surface area contributed by atoms with Crippen molar-refractivity contribution in [3.8, 4) is 0 Å². The molecule has 0 unspecified atom stereocenters. The van der Waals surface area contributed by atoms with Gasteiger partial charge in [-0.05, 0) is 28.9 Å². The van der Waals surface area contributed by atoms with Gasteiger partial charge in [0.1, 0.15) is 0 Å². The lowest BCUT2D eigenvalue weighted by molar-refractivity contribution is -0.136. The predicted molar refractivity (Wildman–Crippen MR) is 84.3 cm³/mol. The van der Waals surface area contributed by atoms with Crippen molar-refractivity contribution in [2.24, 2.45) is 0 Å². The third kappa shape index (κ3) is 2.67. The van der Waals surface area contributed by atoms with Crippen molar-refractivity contribution >= 4 is 32.5 Å². The normalized spacial score (nSPS) is 16.3. The van der Waals surface area contributed by atoms with E-state index in [9.17, 15) is 13.2 Å². The van der Waals surface area contributed by atoms with E-state index in [4.69, 9.17) is 0 Å². The average molecular weight is 374 g/mol. The molecule has 0 saturated carbocycles. The molecule has 2 heterocycles. The van der Waals surface area contributed by atoms with Crippen LogP contribution in [-0.2, 0) is 6.18 Å². The monoisotopic (exact) mass is 373 g/mol. The minimum absolute atomic E-state index is 0.0178. The highest BCUT2D eigenvalue weighted by Crippen LogP contribution is 2.40. The average Bonchev–Trinajstić information content (AvgIpc) is 2.48. The van der Waals surface area contributed by atoms with Crippen LogP contribution in [0.1, 0.15) is 11.3 Å². The first-order valence-electron chi connectivity index (χ1n) is 7.01. The molecule has 1 aromatic carbocycles. The van der Waals surface area contributed by atoms with E-state index in [-0.39, 0.29) is 5.52 Å². The van der Waals surface area contributed by atoms with Crippen LogP contribution < -0.4 is 10.2 Å². The maximum Gasteiger partial charge on any atom is 0.418 e. The fourth-order valence-corrected chi connectivity index (χ4v) is 3.34. The predicted octanol–water partition coefficient (Wildman–Crippen LogP) is 3.73. The van der Waals surface area contributed by atoms with Crippen molar-refractivity contribution < 1.29 is 13.2 Å². The maximum absolute atomic E-state index is 13.2. The van der Waals surface area contributed by atoms with Crippen molar-refractivity contribution in [2.45, 2.75) is 13.1 Å². The number of pyridine rings is 1. The van der Waals surface area contributed by atoms with Gasteiger partial charge < -0.3 is 10.2 Å². The van der Waals surface area contributed by atoms with Gasteiger partial charge in [0.2, 0.25) is 0 Å². The summed E-state index contributed by atoms with van der Waals surface area (Å²) in [7, 11) is 0. The molecule has 1 aliphatic heterocycles. The van der Waals surface area contributed by atoms with Crippen LogP contribution in [0.2, 0.25) is 0 Å².